The largest absolute Gasteiger partial charge is 0.463 e. The van der Waals surface area contributed by atoms with Crippen LogP contribution in [0.5, 0.6) is 0 Å². The molecule has 4 fully saturated rings. The monoisotopic (exact) mass is 430 g/mol. The van der Waals surface area contributed by atoms with Crippen molar-refractivity contribution in [1.29, 1.82) is 0 Å². The Morgan fingerprint density at radius 2 is 1.87 bits per heavy atom. The first-order chi connectivity index (χ1) is 14.6. The standard InChI is InChI=1S/C26H38O5/c1-15(11-18(29)14-27)21-7-8-22-20-6-5-17-12-19(31-16(2)28)9-10-25(17,3)24(20)23(30)13-26(21,22)4/h14-15,17,19-22,24H,5-13H2,1-4H3/t15-,17?,19?,20+,21-,22+,24-,25+,26-/m1/s1. The third-order valence-electron chi connectivity index (χ3n) is 10.0. The number of hydrogen-bond acceptors (Lipinski definition) is 5. The van der Waals surface area contributed by atoms with Crippen molar-refractivity contribution in [3.05, 3.63) is 0 Å². The Hall–Kier alpha value is -1.52. The maximum Gasteiger partial charge on any atom is 0.302 e. The van der Waals surface area contributed by atoms with Crippen molar-refractivity contribution >= 4 is 23.8 Å². The van der Waals surface area contributed by atoms with Crippen molar-refractivity contribution in [2.45, 2.75) is 91.6 Å². The molecule has 9 atom stereocenters. The Balaban J connectivity index is 1.55. The van der Waals surface area contributed by atoms with E-state index in [0.717, 1.165) is 44.9 Å². The van der Waals surface area contributed by atoms with Gasteiger partial charge in [0.25, 0.3) is 0 Å². The van der Waals surface area contributed by atoms with Crippen molar-refractivity contribution in [3.63, 3.8) is 0 Å². The van der Waals surface area contributed by atoms with Gasteiger partial charge < -0.3 is 4.74 Å². The second-order valence-electron chi connectivity index (χ2n) is 11.6. The molecule has 0 aromatic rings. The predicted molar refractivity (Wildman–Crippen MR) is 116 cm³/mol. The second kappa shape index (κ2) is 8.12. The Labute approximate surface area is 186 Å². The van der Waals surface area contributed by atoms with Crippen LogP contribution in [0.1, 0.15) is 85.5 Å². The van der Waals surface area contributed by atoms with Gasteiger partial charge in [-0.2, -0.15) is 0 Å². The molecule has 4 aliphatic carbocycles. The second-order valence-corrected chi connectivity index (χ2v) is 11.6. The van der Waals surface area contributed by atoms with Gasteiger partial charge >= 0.3 is 5.97 Å². The van der Waals surface area contributed by atoms with E-state index in [4.69, 9.17) is 4.74 Å². The van der Waals surface area contributed by atoms with Crippen LogP contribution in [-0.4, -0.2) is 29.9 Å². The molecule has 0 N–H and O–H groups in total. The van der Waals surface area contributed by atoms with E-state index in [0.29, 0.717) is 48.6 Å². The van der Waals surface area contributed by atoms with E-state index in [1.54, 1.807) is 0 Å². The quantitative estimate of drug-likeness (QED) is 0.363. The number of rotatable bonds is 5. The summed E-state index contributed by atoms with van der Waals surface area (Å²) < 4.78 is 5.54. The van der Waals surface area contributed by atoms with E-state index in [1.165, 1.54) is 6.92 Å². The minimum atomic E-state index is -0.322. The van der Waals surface area contributed by atoms with Gasteiger partial charge in [-0.1, -0.05) is 20.8 Å². The molecule has 5 heteroatoms. The Bertz CT molecular complexity index is 774. The summed E-state index contributed by atoms with van der Waals surface area (Å²) in [7, 11) is 0. The van der Waals surface area contributed by atoms with Gasteiger partial charge in [0.1, 0.15) is 11.9 Å². The fourth-order valence-electron chi connectivity index (χ4n) is 8.86. The SMILES string of the molecule is CC(=O)OC1CC[C@@]2(C)C(CC[C@H]3[C@@H]4CC[C@H]([C@H](C)CC(=O)C=O)[C@@]4(C)CC(=O)[C@@H]32)C1. The van der Waals surface area contributed by atoms with Gasteiger partial charge in [0, 0.05) is 25.7 Å². The van der Waals surface area contributed by atoms with Crippen LogP contribution in [0.25, 0.3) is 0 Å². The molecule has 0 bridgehead atoms. The van der Waals surface area contributed by atoms with Crippen LogP contribution in [0.15, 0.2) is 0 Å². The van der Waals surface area contributed by atoms with Gasteiger partial charge in [-0.25, -0.2) is 0 Å². The molecule has 2 unspecified atom stereocenters. The number of ketones is 2. The molecular formula is C26H38O5. The number of carbonyl (C=O) groups is 4. The topological polar surface area (TPSA) is 77.5 Å². The van der Waals surface area contributed by atoms with Crippen molar-refractivity contribution in [2.75, 3.05) is 0 Å². The predicted octanol–water partition coefficient (Wildman–Crippen LogP) is 4.55. The molecule has 0 amide bonds. The Morgan fingerprint density at radius 3 is 2.55 bits per heavy atom. The highest BCUT2D eigenvalue weighted by Gasteiger charge is 2.63. The molecule has 0 saturated heterocycles. The van der Waals surface area contributed by atoms with Crippen molar-refractivity contribution < 1.29 is 23.9 Å². The van der Waals surface area contributed by atoms with Crippen LogP contribution in [-0.2, 0) is 23.9 Å². The maximum atomic E-state index is 13.7. The number of aldehydes is 1. The molecule has 0 radical (unpaired) electrons. The molecule has 0 heterocycles. The van der Waals surface area contributed by atoms with E-state index in [2.05, 4.69) is 20.8 Å². The Kier molecular flexibility index (Phi) is 5.93. The molecule has 4 rings (SSSR count). The summed E-state index contributed by atoms with van der Waals surface area (Å²) in [6.45, 7) is 8.19. The lowest BCUT2D eigenvalue weighted by atomic mass is 9.44. The van der Waals surface area contributed by atoms with E-state index in [-0.39, 0.29) is 40.5 Å². The summed E-state index contributed by atoms with van der Waals surface area (Å²) in [5, 5.41) is 0. The first-order valence-electron chi connectivity index (χ1n) is 12.3. The van der Waals surface area contributed by atoms with Gasteiger partial charge in [-0.05, 0) is 85.4 Å². The van der Waals surface area contributed by atoms with Crippen LogP contribution < -0.4 is 0 Å². The van der Waals surface area contributed by atoms with Crippen molar-refractivity contribution in [1.82, 2.24) is 0 Å². The van der Waals surface area contributed by atoms with Gasteiger partial charge in [-0.15, -0.1) is 0 Å². The zero-order valence-electron chi connectivity index (χ0n) is 19.5. The van der Waals surface area contributed by atoms with Gasteiger partial charge in [0.05, 0.1) is 0 Å². The normalized spacial score (nSPS) is 45.1. The number of carbonyl (C=O) groups excluding carboxylic acids is 4. The number of esters is 1. The van der Waals surface area contributed by atoms with Gasteiger partial charge in [0.15, 0.2) is 12.1 Å². The highest BCUT2D eigenvalue weighted by atomic mass is 16.5. The van der Waals surface area contributed by atoms with E-state index in [9.17, 15) is 19.2 Å². The highest BCUT2D eigenvalue weighted by molar-refractivity contribution is 6.24. The molecule has 4 saturated carbocycles. The number of hydrogen-bond donors (Lipinski definition) is 0. The smallest absolute Gasteiger partial charge is 0.302 e. The van der Waals surface area contributed by atoms with Crippen LogP contribution in [0.4, 0.5) is 0 Å². The van der Waals surface area contributed by atoms with E-state index >= 15 is 0 Å². The fourth-order valence-corrected chi connectivity index (χ4v) is 8.86. The fraction of sp³-hybridized carbons (Fsp3) is 0.846. The first kappa shape index (κ1) is 22.7. The maximum absolute atomic E-state index is 13.7. The Morgan fingerprint density at radius 1 is 1.13 bits per heavy atom. The molecular weight excluding hydrogens is 392 g/mol. The molecule has 5 nitrogen and oxygen atoms in total. The third kappa shape index (κ3) is 3.70. The summed E-state index contributed by atoms with van der Waals surface area (Å²) in [6, 6.07) is 0. The summed E-state index contributed by atoms with van der Waals surface area (Å²) in [6.07, 6.45) is 8.45. The minimum absolute atomic E-state index is 0.00292. The third-order valence-corrected chi connectivity index (χ3v) is 10.0. The van der Waals surface area contributed by atoms with Crippen LogP contribution in [0.3, 0.4) is 0 Å². The molecule has 0 spiro atoms. The summed E-state index contributed by atoms with van der Waals surface area (Å²) in [5.74, 6) is 1.88. The molecule has 4 aliphatic rings. The summed E-state index contributed by atoms with van der Waals surface area (Å²) in [5.41, 5.74) is -0.0475. The average molecular weight is 431 g/mol. The molecule has 31 heavy (non-hydrogen) atoms. The molecule has 0 aliphatic heterocycles. The lowest BCUT2D eigenvalue weighted by molar-refractivity contribution is -0.169. The first-order valence-corrected chi connectivity index (χ1v) is 12.3. The minimum Gasteiger partial charge on any atom is -0.463 e. The molecule has 172 valence electrons. The van der Waals surface area contributed by atoms with E-state index < -0.39 is 0 Å². The number of fused-ring (bicyclic) bond motifs is 5. The lowest BCUT2D eigenvalue weighted by Gasteiger charge is -2.60. The zero-order chi connectivity index (χ0) is 22.6. The van der Waals surface area contributed by atoms with Crippen molar-refractivity contribution in [2.24, 2.45) is 46.3 Å². The summed E-state index contributed by atoms with van der Waals surface area (Å²) in [4.78, 5) is 47.8. The molecule has 0 aromatic carbocycles. The van der Waals surface area contributed by atoms with Gasteiger partial charge in [0.2, 0.25) is 0 Å². The van der Waals surface area contributed by atoms with E-state index in [1.807, 2.05) is 0 Å². The number of ether oxygens (including phenoxy) is 1. The number of Topliss-reactive ketones (excluding diaryl/α,β-unsaturated/α-hetero) is 2. The van der Waals surface area contributed by atoms with Crippen LogP contribution in [0, 0.1) is 46.3 Å². The average Bonchev–Trinajstić information content (AvgIpc) is 3.04. The zero-order valence-corrected chi connectivity index (χ0v) is 19.5. The lowest BCUT2D eigenvalue weighted by Crippen LogP contribution is -2.58. The van der Waals surface area contributed by atoms with Crippen LogP contribution in [0.2, 0.25) is 0 Å². The van der Waals surface area contributed by atoms with Gasteiger partial charge in [-0.3, -0.25) is 19.2 Å². The summed E-state index contributed by atoms with van der Waals surface area (Å²) >= 11 is 0. The van der Waals surface area contributed by atoms with Crippen LogP contribution >= 0.6 is 0 Å². The van der Waals surface area contributed by atoms with Crippen molar-refractivity contribution in [3.8, 4) is 0 Å². The highest BCUT2D eigenvalue weighted by Crippen LogP contribution is 2.67. The molecule has 0 aromatic heterocycles.